The molecule has 0 amide bonds. The fourth-order valence-corrected chi connectivity index (χ4v) is 1.41. The maximum atomic E-state index is 4.39. The summed E-state index contributed by atoms with van der Waals surface area (Å²) >= 11 is 0. The van der Waals surface area contributed by atoms with Gasteiger partial charge in [0.15, 0.2) is 0 Å². The van der Waals surface area contributed by atoms with Gasteiger partial charge in [-0.3, -0.25) is 0 Å². The number of imidazole rings is 1. The molecule has 0 spiro atoms. The van der Waals surface area contributed by atoms with Crippen molar-refractivity contribution in [2.24, 2.45) is 7.05 Å². The van der Waals surface area contributed by atoms with Gasteiger partial charge in [-0.15, -0.1) is 0 Å². The highest BCUT2D eigenvalue weighted by Crippen LogP contribution is 2.10. The molecule has 62 valence electrons. The van der Waals surface area contributed by atoms with Gasteiger partial charge in [-0.25, -0.2) is 4.98 Å². The first-order valence-corrected chi connectivity index (χ1v) is 4.15. The van der Waals surface area contributed by atoms with Crippen LogP contribution in [0.2, 0.25) is 0 Å². The Morgan fingerprint density at radius 3 is 2.36 bits per heavy atom. The molecule has 0 aliphatic carbocycles. The van der Waals surface area contributed by atoms with Gasteiger partial charge in [0, 0.05) is 12.7 Å². The molecule has 0 unspecified atom stereocenters. The van der Waals surface area contributed by atoms with Crippen molar-refractivity contribution >= 4 is 0 Å². The summed E-state index contributed by atoms with van der Waals surface area (Å²) in [5, 5.41) is 0. The molecule has 0 N–H and O–H groups in total. The summed E-state index contributed by atoms with van der Waals surface area (Å²) in [5.41, 5.74) is 2.57. The first kappa shape index (κ1) is 8.31. The topological polar surface area (TPSA) is 17.8 Å². The van der Waals surface area contributed by atoms with Crippen molar-refractivity contribution in [2.75, 3.05) is 0 Å². The van der Waals surface area contributed by atoms with E-state index < -0.39 is 0 Å². The van der Waals surface area contributed by atoms with Crippen LogP contribution in [0.4, 0.5) is 0 Å². The smallest absolute Gasteiger partial charge is 0.105 e. The first-order valence-electron chi connectivity index (χ1n) is 4.15. The van der Waals surface area contributed by atoms with Crippen LogP contribution in [0, 0.1) is 13.8 Å². The van der Waals surface area contributed by atoms with Crippen molar-refractivity contribution in [1.82, 2.24) is 9.55 Å². The molecule has 1 heterocycles. The van der Waals surface area contributed by atoms with E-state index in [1.807, 2.05) is 6.92 Å². The van der Waals surface area contributed by atoms with Crippen molar-refractivity contribution in [3.63, 3.8) is 0 Å². The molecular weight excluding hydrogens is 136 g/mol. The lowest BCUT2D eigenvalue weighted by Crippen LogP contribution is -1.98. The van der Waals surface area contributed by atoms with Crippen LogP contribution in [0.5, 0.6) is 0 Å². The fourth-order valence-electron chi connectivity index (χ4n) is 1.41. The molecule has 0 aromatic carbocycles. The predicted octanol–water partition coefficient (Wildman–Crippen LogP) is 1.99. The van der Waals surface area contributed by atoms with Gasteiger partial charge in [-0.1, -0.05) is 13.3 Å². The summed E-state index contributed by atoms with van der Waals surface area (Å²) in [6, 6.07) is 0. The fraction of sp³-hybridized carbons (Fsp3) is 0.667. The zero-order chi connectivity index (χ0) is 8.43. The maximum absolute atomic E-state index is 4.39. The van der Waals surface area contributed by atoms with Crippen LogP contribution in [-0.2, 0) is 13.5 Å². The van der Waals surface area contributed by atoms with Crippen LogP contribution in [0.3, 0.4) is 0 Å². The van der Waals surface area contributed by atoms with Crippen LogP contribution in [0.25, 0.3) is 0 Å². The summed E-state index contributed by atoms with van der Waals surface area (Å²) in [6.07, 6.45) is 2.34. The quantitative estimate of drug-likeness (QED) is 0.633. The normalized spacial score (nSPS) is 10.5. The Bertz CT molecular complexity index is 248. The third-order valence-corrected chi connectivity index (χ3v) is 2.12. The second kappa shape index (κ2) is 3.07. The van der Waals surface area contributed by atoms with E-state index >= 15 is 0 Å². The largest absolute Gasteiger partial charge is 0.335 e. The highest BCUT2D eigenvalue weighted by molar-refractivity contribution is 5.14. The average Bonchev–Trinajstić information content (AvgIpc) is 2.17. The second-order valence-corrected chi connectivity index (χ2v) is 3.00. The summed E-state index contributed by atoms with van der Waals surface area (Å²) in [6.45, 7) is 6.33. The van der Waals surface area contributed by atoms with Crippen molar-refractivity contribution in [2.45, 2.75) is 33.6 Å². The highest BCUT2D eigenvalue weighted by Gasteiger charge is 2.05. The number of aryl methyl sites for hydroxylation is 2. The van der Waals surface area contributed by atoms with Gasteiger partial charge in [-0.2, -0.15) is 0 Å². The van der Waals surface area contributed by atoms with E-state index in [0.29, 0.717) is 0 Å². The summed E-state index contributed by atoms with van der Waals surface area (Å²) in [5.74, 6) is 1.12. The van der Waals surface area contributed by atoms with Gasteiger partial charge in [-0.05, 0) is 20.3 Å². The van der Waals surface area contributed by atoms with Crippen molar-refractivity contribution in [3.05, 3.63) is 17.2 Å². The molecule has 0 radical (unpaired) electrons. The third-order valence-electron chi connectivity index (χ3n) is 2.12. The molecule has 2 heteroatoms. The molecule has 11 heavy (non-hydrogen) atoms. The van der Waals surface area contributed by atoms with Gasteiger partial charge in [0.2, 0.25) is 0 Å². The minimum absolute atomic E-state index is 1.12. The van der Waals surface area contributed by atoms with Crippen LogP contribution < -0.4 is 0 Å². The van der Waals surface area contributed by atoms with Crippen LogP contribution >= 0.6 is 0 Å². The van der Waals surface area contributed by atoms with E-state index in [0.717, 1.165) is 12.2 Å². The lowest BCUT2D eigenvalue weighted by atomic mass is 10.2. The first-order chi connectivity index (χ1) is 5.16. The zero-order valence-electron chi connectivity index (χ0n) is 7.81. The molecule has 0 aliphatic heterocycles. The van der Waals surface area contributed by atoms with Gasteiger partial charge in [0.25, 0.3) is 0 Å². The van der Waals surface area contributed by atoms with Crippen LogP contribution in [0.1, 0.15) is 30.6 Å². The minimum atomic E-state index is 1.12. The standard InChI is InChI=1S/C9H16N2/c1-5-6-9-7(2)10-8(3)11(9)4/h5-6H2,1-4H3. The summed E-state index contributed by atoms with van der Waals surface area (Å²) in [4.78, 5) is 4.39. The average molecular weight is 152 g/mol. The van der Waals surface area contributed by atoms with Crippen molar-refractivity contribution in [1.29, 1.82) is 0 Å². The van der Waals surface area contributed by atoms with Gasteiger partial charge in [0.1, 0.15) is 5.82 Å². The molecule has 1 aromatic heterocycles. The van der Waals surface area contributed by atoms with Crippen molar-refractivity contribution in [3.8, 4) is 0 Å². The molecule has 0 saturated carbocycles. The monoisotopic (exact) mass is 152 g/mol. The van der Waals surface area contributed by atoms with E-state index in [-0.39, 0.29) is 0 Å². The summed E-state index contributed by atoms with van der Waals surface area (Å²) < 4.78 is 2.18. The Labute approximate surface area is 68.3 Å². The number of rotatable bonds is 2. The Kier molecular flexibility index (Phi) is 2.32. The van der Waals surface area contributed by atoms with Gasteiger partial charge >= 0.3 is 0 Å². The van der Waals surface area contributed by atoms with E-state index in [2.05, 4.69) is 30.4 Å². The molecule has 0 fully saturated rings. The van der Waals surface area contributed by atoms with Crippen LogP contribution in [-0.4, -0.2) is 9.55 Å². The Hall–Kier alpha value is -0.790. The lowest BCUT2D eigenvalue weighted by Gasteiger charge is -2.01. The molecule has 2 nitrogen and oxygen atoms in total. The van der Waals surface area contributed by atoms with Gasteiger partial charge in [0.05, 0.1) is 5.69 Å². The summed E-state index contributed by atoms with van der Waals surface area (Å²) in [7, 11) is 2.08. The van der Waals surface area contributed by atoms with E-state index in [9.17, 15) is 0 Å². The third kappa shape index (κ3) is 1.44. The molecule has 0 saturated heterocycles. The molecule has 0 aliphatic rings. The molecular formula is C9H16N2. The highest BCUT2D eigenvalue weighted by atomic mass is 15.1. The maximum Gasteiger partial charge on any atom is 0.105 e. The Morgan fingerprint density at radius 1 is 1.36 bits per heavy atom. The minimum Gasteiger partial charge on any atom is -0.335 e. The van der Waals surface area contributed by atoms with Crippen molar-refractivity contribution < 1.29 is 0 Å². The molecule has 0 bridgehead atoms. The number of hydrogen-bond donors (Lipinski definition) is 0. The molecule has 1 rings (SSSR count). The SMILES string of the molecule is CCCc1c(C)nc(C)n1C. The molecule has 0 atom stereocenters. The number of aromatic nitrogens is 2. The number of nitrogens with zero attached hydrogens (tertiary/aromatic N) is 2. The Morgan fingerprint density at radius 2 is 2.00 bits per heavy atom. The number of hydrogen-bond acceptors (Lipinski definition) is 1. The Balaban J connectivity index is 3.02. The van der Waals surface area contributed by atoms with E-state index in [4.69, 9.17) is 0 Å². The molecule has 1 aromatic rings. The van der Waals surface area contributed by atoms with Crippen LogP contribution in [0.15, 0.2) is 0 Å². The van der Waals surface area contributed by atoms with E-state index in [1.165, 1.54) is 17.8 Å². The lowest BCUT2D eigenvalue weighted by molar-refractivity contribution is 0.760. The van der Waals surface area contributed by atoms with E-state index in [1.54, 1.807) is 0 Å². The van der Waals surface area contributed by atoms with Gasteiger partial charge < -0.3 is 4.57 Å². The predicted molar refractivity (Wildman–Crippen MR) is 46.7 cm³/mol. The second-order valence-electron chi connectivity index (χ2n) is 3.00. The zero-order valence-corrected chi connectivity index (χ0v) is 7.81.